The van der Waals surface area contributed by atoms with Crippen LogP contribution in [0.1, 0.15) is 52.0 Å². The van der Waals surface area contributed by atoms with E-state index in [1.807, 2.05) is 30.8 Å². The standard InChI is InChI=1S/C22H27ClN4O3S/c1-14(28)30-22(5,6)12-27-11-18(21(2,3)4)31-20(27)26-19(25-13-24)16-10-15(23)8-9-17(16)29-7/h8-11H,12H2,1-7H3/b25-19?,26-20-. The topological polar surface area (TPSA) is 89.0 Å². The van der Waals surface area contributed by atoms with Gasteiger partial charge in [0.2, 0.25) is 6.19 Å². The molecular formula is C22H27ClN4O3S. The molecule has 0 atom stereocenters. The Morgan fingerprint density at radius 1 is 1.29 bits per heavy atom. The van der Waals surface area contributed by atoms with Crippen LogP contribution in [0.2, 0.25) is 5.02 Å². The number of hydrogen-bond acceptors (Lipinski definition) is 6. The fourth-order valence-electron chi connectivity index (χ4n) is 2.90. The Morgan fingerprint density at radius 3 is 2.52 bits per heavy atom. The average molecular weight is 463 g/mol. The normalized spacial score (nSPS) is 13.1. The van der Waals surface area contributed by atoms with Gasteiger partial charge in [-0.3, -0.25) is 4.79 Å². The molecule has 7 nitrogen and oxygen atoms in total. The van der Waals surface area contributed by atoms with Crippen molar-refractivity contribution in [3.63, 3.8) is 0 Å². The van der Waals surface area contributed by atoms with Crippen LogP contribution in [0.25, 0.3) is 0 Å². The second kappa shape index (κ2) is 9.67. The first-order valence-electron chi connectivity index (χ1n) is 9.62. The van der Waals surface area contributed by atoms with Crippen LogP contribution in [-0.4, -0.2) is 29.1 Å². The van der Waals surface area contributed by atoms with E-state index in [9.17, 15) is 10.1 Å². The van der Waals surface area contributed by atoms with Crippen molar-refractivity contribution in [1.29, 1.82) is 5.26 Å². The molecule has 0 radical (unpaired) electrons. The number of nitriles is 1. The van der Waals surface area contributed by atoms with Gasteiger partial charge in [0.25, 0.3) is 0 Å². The lowest BCUT2D eigenvalue weighted by molar-refractivity contribution is -0.154. The van der Waals surface area contributed by atoms with E-state index in [4.69, 9.17) is 26.1 Å². The number of amidine groups is 1. The van der Waals surface area contributed by atoms with E-state index in [-0.39, 0.29) is 17.2 Å². The van der Waals surface area contributed by atoms with Crippen LogP contribution in [0.3, 0.4) is 0 Å². The number of thiazole rings is 1. The van der Waals surface area contributed by atoms with Crippen molar-refractivity contribution in [3.05, 3.63) is 44.7 Å². The number of carbonyl (C=O) groups is 1. The number of rotatable bonds is 5. The number of benzene rings is 1. The summed E-state index contributed by atoms with van der Waals surface area (Å²) < 4.78 is 12.8. The van der Waals surface area contributed by atoms with E-state index in [1.165, 1.54) is 25.4 Å². The Morgan fingerprint density at radius 2 is 1.97 bits per heavy atom. The third-order valence-corrected chi connectivity index (χ3v) is 5.87. The van der Waals surface area contributed by atoms with Crippen LogP contribution >= 0.6 is 22.9 Å². The first-order chi connectivity index (χ1) is 14.4. The first kappa shape index (κ1) is 24.6. The van der Waals surface area contributed by atoms with E-state index in [1.54, 1.807) is 18.2 Å². The van der Waals surface area contributed by atoms with Gasteiger partial charge >= 0.3 is 5.97 Å². The Kier molecular flexibility index (Phi) is 7.68. The minimum Gasteiger partial charge on any atom is -0.496 e. The minimum absolute atomic E-state index is 0.119. The van der Waals surface area contributed by atoms with Crippen molar-refractivity contribution < 1.29 is 14.3 Å². The predicted molar refractivity (Wildman–Crippen MR) is 123 cm³/mol. The molecule has 0 spiro atoms. The lowest BCUT2D eigenvalue weighted by Crippen LogP contribution is -2.35. The molecule has 0 N–H and O–H groups in total. The molecule has 0 aliphatic carbocycles. The average Bonchev–Trinajstić information content (AvgIpc) is 3.02. The molecule has 2 rings (SSSR count). The van der Waals surface area contributed by atoms with Gasteiger partial charge in [-0.2, -0.15) is 15.2 Å². The van der Waals surface area contributed by atoms with Crippen molar-refractivity contribution >= 4 is 34.7 Å². The number of halogens is 1. The maximum Gasteiger partial charge on any atom is 0.303 e. The van der Waals surface area contributed by atoms with E-state index >= 15 is 0 Å². The SMILES string of the molecule is COc1ccc(Cl)cc1C(=NC#N)/N=c1\sc(C(C)(C)C)cn1CC(C)(C)OC(C)=O. The molecule has 0 unspecified atom stereocenters. The van der Waals surface area contributed by atoms with Gasteiger partial charge < -0.3 is 14.0 Å². The second-order valence-electron chi connectivity index (χ2n) is 8.60. The molecule has 1 heterocycles. The Hall–Kier alpha value is -2.63. The molecule has 0 aliphatic rings. The molecule has 166 valence electrons. The third-order valence-electron chi connectivity index (χ3n) is 4.19. The minimum atomic E-state index is -0.753. The van der Waals surface area contributed by atoms with Crippen molar-refractivity contribution in [1.82, 2.24) is 4.57 Å². The van der Waals surface area contributed by atoms with E-state index in [0.29, 0.717) is 27.7 Å². The summed E-state index contributed by atoms with van der Waals surface area (Å²) in [5, 5.41) is 9.74. The number of aliphatic imine (C=N–C) groups is 1. The second-order valence-corrected chi connectivity index (χ2v) is 10.0. The van der Waals surface area contributed by atoms with Gasteiger partial charge in [-0.15, -0.1) is 11.3 Å². The van der Waals surface area contributed by atoms with Gasteiger partial charge in [0.05, 0.1) is 19.2 Å². The molecule has 0 saturated carbocycles. The molecule has 0 aliphatic heterocycles. The summed E-state index contributed by atoms with van der Waals surface area (Å²) in [7, 11) is 1.53. The largest absolute Gasteiger partial charge is 0.496 e. The zero-order valence-corrected chi connectivity index (χ0v) is 20.4. The van der Waals surface area contributed by atoms with Crippen molar-refractivity contribution in [2.45, 2.75) is 59.1 Å². The maximum absolute atomic E-state index is 11.5. The van der Waals surface area contributed by atoms with Gasteiger partial charge in [-0.25, -0.2) is 0 Å². The Balaban J connectivity index is 2.70. The lowest BCUT2D eigenvalue weighted by atomic mass is 9.95. The molecule has 0 saturated heterocycles. The summed E-state index contributed by atoms with van der Waals surface area (Å²) in [5.41, 5.74) is -0.364. The van der Waals surface area contributed by atoms with E-state index < -0.39 is 5.60 Å². The zero-order valence-electron chi connectivity index (χ0n) is 18.8. The Bertz CT molecular complexity index is 1100. The number of methoxy groups -OCH3 is 1. The predicted octanol–water partition coefficient (Wildman–Crippen LogP) is 4.68. The molecule has 9 heteroatoms. The van der Waals surface area contributed by atoms with Gasteiger partial charge in [0.1, 0.15) is 11.4 Å². The summed E-state index contributed by atoms with van der Waals surface area (Å²) >= 11 is 7.65. The molecule has 0 fully saturated rings. The van der Waals surface area contributed by atoms with Crippen LogP contribution in [0.4, 0.5) is 0 Å². The van der Waals surface area contributed by atoms with Crippen LogP contribution in [0.5, 0.6) is 5.75 Å². The number of ether oxygens (including phenoxy) is 2. The molecule has 1 aromatic carbocycles. The fraction of sp³-hybridized carbons (Fsp3) is 0.455. The van der Waals surface area contributed by atoms with Crippen molar-refractivity contribution in [2.24, 2.45) is 9.98 Å². The van der Waals surface area contributed by atoms with Crippen molar-refractivity contribution in [2.75, 3.05) is 7.11 Å². The summed E-state index contributed by atoms with van der Waals surface area (Å²) in [6.45, 7) is 11.8. The van der Waals surface area contributed by atoms with E-state index in [2.05, 4.69) is 25.8 Å². The summed E-state index contributed by atoms with van der Waals surface area (Å²) in [4.78, 5) is 21.8. The quantitative estimate of drug-likeness (QED) is 0.279. The summed E-state index contributed by atoms with van der Waals surface area (Å²) in [6, 6.07) is 5.05. The molecule has 31 heavy (non-hydrogen) atoms. The Labute approximate surface area is 191 Å². The third kappa shape index (κ3) is 6.68. The fourth-order valence-corrected chi connectivity index (χ4v) is 4.12. The highest BCUT2D eigenvalue weighted by Gasteiger charge is 2.25. The number of aromatic nitrogens is 1. The van der Waals surface area contributed by atoms with Gasteiger partial charge in [0.15, 0.2) is 10.6 Å². The molecular weight excluding hydrogens is 436 g/mol. The van der Waals surface area contributed by atoms with E-state index in [0.717, 1.165) is 4.88 Å². The smallest absolute Gasteiger partial charge is 0.303 e. The molecule has 0 amide bonds. The van der Waals surface area contributed by atoms with Crippen molar-refractivity contribution in [3.8, 4) is 11.9 Å². The zero-order chi connectivity index (χ0) is 23.4. The van der Waals surface area contributed by atoms with Crippen LogP contribution < -0.4 is 9.54 Å². The maximum atomic E-state index is 11.5. The van der Waals surface area contributed by atoms with Crippen LogP contribution in [0.15, 0.2) is 34.4 Å². The number of nitrogens with zero attached hydrogens (tertiary/aromatic N) is 4. The number of hydrogen-bond donors (Lipinski definition) is 0. The van der Waals surface area contributed by atoms with Gasteiger partial charge in [-0.05, 0) is 37.5 Å². The summed E-state index contributed by atoms with van der Waals surface area (Å²) in [6.07, 6.45) is 3.80. The highest BCUT2D eigenvalue weighted by molar-refractivity contribution is 7.09. The highest BCUT2D eigenvalue weighted by Crippen LogP contribution is 2.27. The first-order valence-corrected chi connectivity index (χ1v) is 10.8. The van der Waals surface area contributed by atoms with Crippen LogP contribution in [0, 0.1) is 11.5 Å². The van der Waals surface area contributed by atoms with Gasteiger partial charge in [-0.1, -0.05) is 32.4 Å². The number of esters is 1. The molecule has 0 bridgehead atoms. The lowest BCUT2D eigenvalue weighted by Gasteiger charge is -2.25. The molecule has 2 aromatic rings. The molecule has 1 aromatic heterocycles. The number of carbonyl (C=O) groups excluding carboxylic acids is 1. The van der Waals surface area contributed by atoms with Gasteiger partial charge in [0, 0.05) is 23.0 Å². The van der Waals surface area contributed by atoms with Crippen LogP contribution in [-0.2, 0) is 21.5 Å². The monoisotopic (exact) mass is 462 g/mol. The highest BCUT2D eigenvalue weighted by atomic mass is 35.5. The summed E-state index contributed by atoms with van der Waals surface area (Å²) in [5.74, 6) is 0.329.